The maximum absolute atomic E-state index is 13.2. The second-order valence-corrected chi connectivity index (χ2v) is 6.67. The molecule has 0 aliphatic rings. The number of carbonyl (C=O) groups excluding carboxylic acids is 2. The van der Waals surface area contributed by atoms with E-state index in [0.717, 1.165) is 10.1 Å². The maximum Gasteiger partial charge on any atom is 0.419 e. The molecule has 0 spiro atoms. The van der Waals surface area contributed by atoms with Gasteiger partial charge in [0.05, 0.1) is 17.8 Å². The highest BCUT2D eigenvalue weighted by Crippen LogP contribution is 2.33. The highest BCUT2D eigenvalue weighted by molar-refractivity contribution is 6.31. The van der Waals surface area contributed by atoms with Gasteiger partial charge in [0.25, 0.3) is 0 Å². The Labute approximate surface area is 170 Å². The van der Waals surface area contributed by atoms with Crippen LogP contribution < -0.4 is 5.73 Å². The van der Waals surface area contributed by atoms with Crippen LogP contribution in [-0.4, -0.2) is 28.2 Å². The van der Waals surface area contributed by atoms with Gasteiger partial charge in [0.15, 0.2) is 11.5 Å². The summed E-state index contributed by atoms with van der Waals surface area (Å²) in [7, 11) is 0. The van der Waals surface area contributed by atoms with Gasteiger partial charge in [0.2, 0.25) is 5.78 Å². The Bertz CT molecular complexity index is 1230. The monoisotopic (exact) mass is 409 g/mol. The Kier molecular flexibility index (Phi) is 4.82. The van der Waals surface area contributed by atoms with E-state index in [2.05, 4.69) is 5.16 Å². The van der Waals surface area contributed by atoms with Crippen LogP contribution in [0, 0.1) is 0 Å². The summed E-state index contributed by atoms with van der Waals surface area (Å²) in [4.78, 5) is 25.8. The standard InChI is InChI=1S/C21H16ClN3O4/c1-2-28-21(27)25-16-10-13(22)8-9-14(16)18(23)19(25)20(26)15-11-17(29-24-15)12-6-4-3-5-7-12/h3-11H,2,23H2,1H3. The number of halogens is 1. The predicted molar refractivity (Wildman–Crippen MR) is 109 cm³/mol. The van der Waals surface area contributed by atoms with Crippen molar-refractivity contribution in [2.75, 3.05) is 12.3 Å². The SMILES string of the molecule is CCOC(=O)n1c(C(=O)c2cc(-c3ccccc3)on2)c(N)c2ccc(Cl)cc21. The molecule has 146 valence electrons. The minimum atomic E-state index is -0.730. The Balaban J connectivity index is 1.86. The van der Waals surface area contributed by atoms with Crippen LogP contribution in [-0.2, 0) is 4.74 Å². The van der Waals surface area contributed by atoms with Crippen molar-refractivity contribution in [1.82, 2.24) is 9.72 Å². The summed E-state index contributed by atoms with van der Waals surface area (Å²) in [5.74, 6) is -0.136. The van der Waals surface area contributed by atoms with Crippen molar-refractivity contribution in [2.45, 2.75) is 6.92 Å². The lowest BCUT2D eigenvalue weighted by atomic mass is 10.1. The molecule has 0 bridgehead atoms. The molecule has 0 unspecified atom stereocenters. The molecule has 8 heteroatoms. The number of nitrogens with two attached hydrogens (primary N) is 1. The molecule has 0 atom stereocenters. The Hall–Kier alpha value is -3.58. The molecule has 0 aliphatic heterocycles. The summed E-state index contributed by atoms with van der Waals surface area (Å²) < 4.78 is 11.6. The van der Waals surface area contributed by atoms with E-state index >= 15 is 0 Å². The number of ether oxygens (including phenoxy) is 1. The number of hydrogen-bond acceptors (Lipinski definition) is 6. The molecule has 7 nitrogen and oxygen atoms in total. The summed E-state index contributed by atoms with van der Waals surface area (Å²) in [6, 6.07) is 15.6. The lowest BCUT2D eigenvalue weighted by Crippen LogP contribution is -2.20. The second kappa shape index (κ2) is 7.44. The zero-order valence-corrected chi connectivity index (χ0v) is 16.1. The third-order valence-electron chi connectivity index (χ3n) is 4.44. The highest BCUT2D eigenvalue weighted by Gasteiger charge is 2.28. The molecule has 0 amide bonds. The molecular formula is C21H16ClN3O4. The van der Waals surface area contributed by atoms with Crippen LogP contribution in [0.2, 0.25) is 5.02 Å². The van der Waals surface area contributed by atoms with Crippen LogP contribution in [0.3, 0.4) is 0 Å². The van der Waals surface area contributed by atoms with E-state index in [1.165, 1.54) is 6.07 Å². The third kappa shape index (κ3) is 3.25. The number of nitrogen functional groups attached to an aromatic ring is 1. The molecule has 0 radical (unpaired) electrons. The molecular weight excluding hydrogens is 394 g/mol. The van der Waals surface area contributed by atoms with E-state index < -0.39 is 11.9 Å². The molecule has 2 aromatic heterocycles. The summed E-state index contributed by atoms with van der Waals surface area (Å²) in [6.45, 7) is 1.81. The molecule has 0 saturated carbocycles. The quantitative estimate of drug-likeness (QED) is 0.487. The van der Waals surface area contributed by atoms with Crippen LogP contribution >= 0.6 is 11.6 Å². The fourth-order valence-corrected chi connectivity index (χ4v) is 3.30. The Morgan fingerprint density at radius 1 is 1.17 bits per heavy atom. The number of carbonyl (C=O) groups is 2. The number of rotatable bonds is 4. The first-order valence-corrected chi connectivity index (χ1v) is 9.22. The molecule has 0 aliphatic carbocycles. The van der Waals surface area contributed by atoms with Crippen LogP contribution in [0.5, 0.6) is 0 Å². The minimum absolute atomic E-state index is 0.0232. The average Bonchev–Trinajstić information content (AvgIpc) is 3.32. The number of nitrogens with zero attached hydrogens (tertiary/aromatic N) is 2. The van der Waals surface area contributed by atoms with Crippen molar-refractivity contribution in [3.05, 3.63) is 71.0 Å². The van der Waals surface area contributed by atoms with Gasteiger partial charge in [-0.2, -0.15) is 0 Å². The smallest absolute Gasteiger partial charge is 0.419 e. The molecule has 2 heterocycles. The zero-order chi connectivity index (χ0) is 20.5. The first-order chi connectivity index (χ1) is 14.0. The molecule has 29 heavy (non-hydrogen) atoms. The first kappa shape index (κ1) is 18.8. The van der Waals surface area contributed by atoms with E-state index in [1.807, 2.05) is 30.3 Å². The number of hydrogen-bond donors (Lipinski definition) is 1. The van der Waals surface area contributed by atoms with Crippen molar-refractivity contribution in [3.8, 4) is 11.3 Å². The van der Waals surface area contributed by atoms with Gasteiger partial charge in [-0.25, -0.2) is 9.36 Å². The van der Waals surface area contributed by atoms with Crippen molar-refractivity contribution < 1.29 is 18.8 Å². The van der Waals surface area contributed by atoms with Crippen molar-refractivity contribution in [3.63, 3.8) is 0 Å². The molecule has 2 N–H and O–H groups in total. The van der Waals surface area contributed by atoms with E-state index in [1.54, 1.807) is 25.1 Å². The lowest BCUT2D eigenvalue weighted by Gasteiger charge is -2.08. The average molecular weight is 410 g/mol. The van der Waals surface area contributed by atoms with Crippen LogP contribution in [0.25, 0.3) is 22.2 Å². The molecule has 4 aromatic rings. The fourth-order valence-electron chi connectivity index (χ4n) is 3.13. The van der Waals surface area contributed by atoms with Crippen molar-refractivity contribution in [1.29, 1.82) is 0 Å². The molecule has 0 fully saturated rings. The topological polar surface area (TPSA) is 100 Å². The maximum atomic E-state index is 13.2. The van der Waals surface area contributed by atoms with E-state index in [-0.39, 0.29) is 23.7 Å². The number of ketones is 1. The largest absolute Gasteiger partial charge is 0.449 e. The lowest BCUT2D eigenvalue weighted by molar-refractivity contribution is 0.101. The van der Waals surface area contributed by atoms with Gasteiger partial charge in [-0.15, -0.1) is 0 Å². The number of fused-ring (bicyclic) bond motifs is 1. The zero-order valence-electron chi connectivity index (χ0n) is 15.4. The normalized spacial score (nSPS) is 11.0. The van der Waals surface area contributed by atoms with Gasteiger partial charge in [0, 0.05) is 22.0 Å². The second-order valence-electron chi connectivity index (χ2n) is 6.23. The highest BCUT2D eigenvalue weighted by atomic mass is 35.5. The third-order valence-corrected chi connectivity index (χ3v) is 4.67. The van der Waals surface area contributed by atoms with Gasteiger partial charge in [-0.05, 0) is 25.1 Å². The summed E-state index contributed by atoms with van der Waals surface area (Å²) in [5.41, 5.74) is 7.49. The summed E-state index contributed by atoms with van der Waals surface area (Å²) in [6.07, 6.45) is -0.730. The van der Waals surface area contributed by atoms with Crippen molar-refractivity contribution in [2.24, 2.45) is 0 Å². The number of benzene rings is 2. The van der Waals surface area contributed by atoms with E-state index in [0.29, 0.717) is 21.7 Å². The van der Waals surface area contributed by atoms with Crippen molar-refractivity contribution >= 4 is 40.1 Å². The van der Waals surface area contributed by atoms with Crippen LogP contribution in [0.1, 0.15) is 23.1 Å². The number of anilines is 1. The predicted octanol–water partition coefficient (Wildman–Crippen LogP) is 4.77. The fraction of sp³-hybridized carbons (Fsp3) is 0.0952. The van der Waals surface area contributed by atoms with Crippen LogP contribution in [0.15, 0.2) is 59.1 Å². The summed E-state index contributed by atoms with van der Waals surface area (Å²) in [5, 5.41) is 4.78. The van der Waals surface area contributed by atoms with Gasteiger partial charge in [-0.3, -0.25) is 4.79 Å². The van der Waals surface area contributed by atoms with Gasteiger partial charge >= 0.3 is 6.09 Å². The van der Waals surface area contributed by atoms with E-state index in [9.17, 15) is 9.59 Å². The molecule has 2 aromatic carbocycles. The van der Waals surface area contributed by atoms with Gasteiger partial charge in [0.1, 0.15) is 5.69 Å². The summed E-state index contributed by atoms with van der Waals surface area (Å²) >= 11 is 6.08. The Morgan fingerprint density at radius 2 is 1.93 bits per heavy atom. The number of aromatic nitrogens is 2. The van der Waals surface area contributed by atoms with E-state index in [4.69, 9.17) is 26.6 Å². The van der Waals surface area contributed by atoms with Crippen LogP contribution in [0.4, 0.5) is 10.5 Å². The minimum Gasteiger partial charge on any atom is -0.449 e. The molecule has 4 rings (SSSR count). The first-order valence-electron chi connectivity index (χ1n) is 8.84. The molecule has 0 saturated heterocycles. The Morgan fingerprint density at radius 3 is 2.66 bits per heavy atom. The van der Waals surface area contributed by atoms with Gasteiger partial charge < -0.3 is 15.0 Å². The van der Waals surface area contributed by atoms with Gasteiger partial charge in [-0.1, -0.05) is 47.1 Å².